The number of ketones is 2. The molecule has 0 saturated carbocycles. The van der Waals surface area contributed by atoms with Gasteiger partial charge >= 0.3 is 0 Å². The van der Waals surface area contributed by atoms with Gasteiger partial charge in [-0.3, -0.25) is 9.59 Å². The van der Waals surface area contributed by atoms with Crippen molar-refractivity contribution in [3.05, 3.63) is 12.7 Å². The van der Waals surface area contributed by atoms with Crippen LogP contribution in [-0.4, -0.2) is 43.2 Å². The van der Waals surface area contributed by atoms with Gasteiger partial charge in [-0.15, -0.1) is 0 Å². The lowest BCUT2D eigenvalue weighted by atomic mass is 10.1. The van der Waals surface area contributed by atoms with Crippen LogP contribution in [-0.2, 0) is 9.59 Å². The van der Waals surface area contributed by atoms with Crippen molar-refractivity contribution >= 4 is 11.6 Å². The third-order valence-corrected chi connectivity index (χ3v) is 2.73. The van der Waals surface area contributed by atoms with Gasteiger partial charge in [0.15, 0.2) is 5.78 Å². The predicted octanol–water partition coefficient (Wildman–Crippen LogP) is 1.97. The molecule has 0 radical (unpaired) electrons. The molecule has 0 aromatic rings. The van der Waals surface area contributed by atoms with Crippen LogP contribution in [0.2, 0.25) is 0 Å². The van der Waals surface area contributed by atoms with Crippen molar-refractivity contribution in [3.8, 4) is 0 Å². The van der Waals surface area contributed by atoms with E-state index in [0.717, 1.165) is 30.4 Å². The van der Waals surface area contributed by atoms with Crippen LogP contribution in [0.25, 0.3) is 0 Å². The summed E-state index contributed by atoms with van der Waals surface area (Å²) in [4.78, 5) is 21.9. The third kappa shape index (κ3) is 8.36. The van der Waals surface area contributed by atoms with Crippen molar-refractivity contribution in [3.63, 3.8) is 0 Å². The summed E-state index contributed by atoms with van der Waals surface area (Å²) in [5.41, 5.74) is 0. The lowest BCUT2D eigenvalue weighted by Crippen LogP contribution is -2.41. The predicted molar refractivity (Wildman–Crippen MR) is 66.2 cm³/mol. The van der Waals surface area contributed by atoms with Gasteiger partial charge in [-0.05, 0) is 25.8 Å². The molecule has 0 spiro atoms. The highest BCUT2D eigenvalue weighted by molar-refractivity contribution is 5.88. The average molecular weight is 226 g/mol. The normalized spacial score (nSPS) is 11.2. The number of carbonyl (C=O) groups excluding carboxylic acids is 2. The zero-order valence-electron chi connectivity index (χ0n) is 10.8. The molecule has 0 bridgehead atoms. The smallest absolute Gasteiger partial charge is 0.155 e. The minimum absolute atomic E-state index is 0.119. The van der Waals surface area contributed by atoms with Crippen LogP contribution >= 0.6 is 0 Å². The summed E-state index contributed by atoms with van der Waals surface area (Å²) in [7, 11) is 4.25. The molecule has 0 aromatic heterocycles. The molecular formula is C13H24NO2+. The maximum atomic E-state index is 11.0. The first-order chi connectivity index (χ1) is 7.37. The molecule has 0 aliphatic carbocycles. The molecule has 0 rings (SSSR count). The summed E-state index contributed by atoms with van der Waals surface area (Å²) in [5, 5.41) is 0. The molecule has 0 heterocycles. The van der Waals surface area contributed by atoms with Crippen LogP contribution in [0.15, 0.2) is 12.7 Å². The number of unbranched alkanes of at least 4 members (excludes halogenated alkanes) is 1. The molecule has 0 aliphatic rings. The highest BCUT2D eigenvalue weighted by Gasteiger charge is 2.15. The molecule has 16 heavy (non-hydrogen) atoms. The fourth-order valence-corrected chi connectivity index (χ4v) is 1.51. The van der Waals surface area contributed by atoms with Gasteiger partial charge in [0.1, 0.15) is 5.78 Å². The molecule has 92 valence electrons. The Morgan fingerprint density at radius 1 is 1.12 bits per heavy atom. The van der Waals surface area contributed by atoms with Gasteiger partial charge in [0.2, 0.25) is 0 Å². The molecule has 0 unspecified atom stereocenters. The van der Waals surface area contributed by atoms with Crippen molar-refractivity contribution in [1.82, 2.24) is 0 Å². The number of quaternary nitrogens is 1. The highest BCUT2D eigenvalue weighted by Crippen LogP contribution is 2.06. The van der Waals surface area contributed by atoms with E-state index < -0.39 is 0 Å². The van der Waals surface area contributed by atoms with Gasteiger partial charge in [-0.2, -0.15) is 0 Å². The van der Waals surface area contributed by atoms with E-state index in [0.29, 0.717) is 12.8 Å². The topological polar surface area (TPSA) is 34.1 Å². The standard InChI is InChI=1S/C13H24NO2/c1-5-13(16)8-6-7-10-14(3,4)11-9-12(2)15/h5H,1,6-11H2,2-4H3/q+1. The lowest BCUT2D eigenvalue weighted by molar-refractivity contribution is -0.889. The minimum Gasteiger partial charge on any atom is -0.328 e. The maximum Gasteiger partial charge on any atom is 0.155 e. The first kappa shape index (κ1) is 15.0. The number of hydrogen-bond donors (Lipinski definition) is 0. The van der Waals surface area contributed by atoms with E-state index in [2.05, 4.69) is 20.7 Å². The van der Waals surface area contributed by atoms with E-state index >= 15 is 0 Å². The Labute approximate surface area is 98.7 Å². The molecule has 0 saturated heterocycles. The first-order valence-corrected chi connectivity index (χ1v) is 5.84. The summed E-state index contributed by atoms with van der Waals surface area (Å²) >= 11 is 0. The molecule has 0 N–H and O–H groups in total. The van der Waals surface area contributed by atoms with Crippen molar-refractivity contribution in [2.45, 2.75) is 32.6 Å². The summed E-state index contributed by atoms with van der Waals surface area (Å²) in [6.07, 6.45) is 4.54. The van der Waals surface area contributed by atoms with E-state index in [-0.39, 0.29) is 11.6 Å². The number of rotatable bonds is 9. The highest BCUT2D eigenvalue weighted by atomic mass is 16.1. The molecule has 0 fully saturated rings. The third-order valence-electron chi connectivity index (χ3n) is 2.73. The van der Waals surface area contributed by atoms with Gasteiger partial charge < -0.3 is 4.48 Å². The Morgan fingerprint density at radius 3 is 2.25 bits per heavy atom. The van der Waals surface area contributed by atoms with Gasteiger partial charge in [-0.25, -0.2) is 0 Å². The molecule has 0 atom stereocenters. The minimum atomic E-state index is 0.119. The van der Waals surface area contributed by atoms with Crippen molar-refractivity contribution in [1.29, 1.82) is 0 Å². The first-order valence-electron chi connectivity index (χ1n) is 5.84. The Hall–Kier alpha value is -0.960. The maximum absolute atomic E-state index is 11.0. The molecule has 3 heteroatoms. The zero-order valence-corrected chi connectivity index (χ0v) is 10.8. The molecule has 3 nitrogen and oxygen atoms in total. The Balaban J connectivity index is 3.69. The monoisotopic (exact) mass is 226 g/mol. The molecule has 0 amide bonds. The number of nitrogens with zero attached hydrogens (tertiary/aromatic N) is 1. The quantitative estimate of drug-likeness (QED) is 0.342. The summed E-state index contributed by atoms with van der Waals surface area (Å²) in [6.45, 7) is 6.97. The zero-order chi connectivity index (χ0) is 12.6. The van der Waals surface area contributed by atoms with Crippen LogP contribution in [0.5, 0.6) is 0 Å². The largest absolute Gasteiger partial charge is 0.328 e. The lowest BCUT2D eigenvalue weighted by Gasteiger charge is -2.29. The molecular weight excluding hydrogens is 202 g/mol. The summed E-state index contributed by atoms with van der Waals surface area (Å²) < 4.78 is 0.849. The Morgan fingerprint density at radius 2 is 1.75 bits per heavy atom. The Kier molecular flexibility index (Phi) is 6.90. The van der Waals surface area contributed by atoms with E-state index in [9.17, 15) is 9.59 Å². The van der Waals surface area contributed by atoms with Crippen LogP contribution in [0, 0.1) is 0 Å². The van der Waals surface area contributed by atoms with Crippen molar-refractivity contribution in [2.24, 2.45) is 0 Å². The second-order valence-electron chi connectivity index (χ2n) is 4.96. The van der Waals surface area contributed by atoms with Gasteiger partial charge in [0.05, 0.1) is 33.6 Å². The van der Waals surface area contributed by atoms with Crippen LogP contribution < -0.4 is 0 Å². The van der Waals surface area contributed by atoms with Gasteiger partial charge in [0.25, 0.3) is 0 Å². The number of carbonyl (C=O) groups is 2. The van der Waals surface area contributed by atoms with Crippen LogP contribution in [0.3, 0.4) is 0 Å². The van der Waals surface area contributed by atoms with Crippen molar-refractivity contribution in [2.75, 3.05) is 27.2 Å². The van der Waals surface area contributed by atoms with Crippen LogP contribution in [0.1, 0.15) is 32.6 Å². The van der Waals surface area contributed by atoms with Crippen LogP contribution in [0.4, 0.5) is 0 Å². The molecule has 0 aliphatic heterocycles. The fourth-order valence-electron chi connectivity index (χ4n) is 1.51. The van der Waals surface area contributed by atoms with E-state index in [4.69, 9.17) is 0 Å². The second-order valence-corrected chi connectivity index (χ2v) is 4.96. The van der Waals surface area contributed by atoms with E-state index in [1.54, 1.807) is 6.92 Å². The number of hydrogen-bond acceptors (Lipinski definition) is 2. The van der Waals surface area contributed by atoms with Crippen molar-refractivity contribution < 1.29 is 14.1 Å². The number of allylic oxidation sites excluding steroid dienone is 1. The Bertz CT molecular complexity index is 257. The van der Waals surface area contributed by atoms with Gasteiger partial charge in [-0.1, -0.05) is 6.58 Å². The van der Waals surface area contributed by atoms with E-state index in [1.807, 2.05) is 0 Å². The summed E-state index contributed by atoms with van der Waals surface area (Å²) in [6, 6.07) is 0. The average Bonchev–Trinajstić information content (AvgIpc) is 2.21. The van der Waals surface area contributed by atoms with E-state index in [1.165, 1.54) is 6.08 Å². The second kappa shape index (κ2) is 7.34. The fraction of sp³-hybridized carbons (Fsp3) is 0.692. The molecule has 0 aromatic carbocycles. The number of Topliss-reactive ketones (excluding diaryl/α,β-unsaturated/α-hetero) is 1. The SMILES string of the molecule is C=CC(=O)CCCC[N+](C)(C)CCC(C)=O. The van der Waals surface area contributed by atoms with Gasteiger partial charge in [0, 0.05) is 6.42 Å². The summed E-state index contributed by atoms with van der Waals surface area (Å²) in [5.74, 6) is 0.363.